The van der Waals surface area contributed by atoms with Gasteiger partial charge in [-0.2, -0.15) is 0 Å². The minimum absolute atomic E-state index is 0.466. The smallest absolute Gasteiger partial charge is 0.412 e. The molecule has 2 aromatic carbocycles. The summed E-state index contributed by atoms with van der Waals surface area (Å²) in [7, 11) is 0. The van der Waals surface area contributed by atoms with Crippen LogP contribution >= 0.6 is 0 Å². The summed E-state index contributed by atoms with van der Waals surface area (Å²) >= 11 is 0. The molecule has 4 heteroatoms. The first-order valence-corrected chi connectivity index (χ1v) is 8.02. The van der Waals surface area contributed by atoms with Crippen molar-refractivity contribution in [3.63, 3.8) is 0 Å². The zero-order valence-electron chi connectivity index (χ0n) is 15.0. The number of carbonyl (C=O) groups excluding carboxylic acids is 1. The van der Waals surface area contributed by atoms with E-state index in [4.69, 9.17) is 9.47 Å². The number of ether oxygens (including phenoxy) is 2. The number of benzene rings is 2. The van der Waals surface area contributed by atoms with Gasteiger partial charge in [-0.3, -0.25) is 5.32 Å². The molecule has 1 amide bonds. The van der Waals surface area contributed by atoms with E-state index in [1.807, 2.05) is 32.9 Å². The average molecular weight is 327 g/mol. The van der Waals surface area contributed by atoms with Gasteiger partial charge in [-0.05, 0) is 70.0 Å². The third-order valence-corrected chi connectivity index (χ3v) is 3.40. The fraction of sp³-hybridized carbons (Fsp3) is 0.350. The lowest BCUT2D eigenvalue weighted by atomic mass is 10.1. The predicted molar refractivity (Wildman–Crippen MR) is 96.5 cm³/mol. The predicted octanol–water partition coefficient (Wildman–Crippen LogP) is 5.23. The van der Waals surface area contributed by atoms with E-state index < -0.39 is 11.7 Å². The molecule has 0 radical (unpaired) electrons. The highest BCUT2D eigenvalue weighted by Gasteiger charge is 2.16. The van der Waals surface area contributed by atoms with Crippen molar-refractivity contribution in [3.05, 3.63) is 59.2 Å². The van der Waals surface area contributed by atoms with E-state index in [1.165, 1.54) is 16.7 Å². The summed E-state index contributed by atoms with van der Waals surface area (Å²) < 4.78 is 11.0. The minimum atomic E-state index is -0.515. The standard InChI is InChI=1S/C20H25NO3/c1-14-6-7-15(2)16(12-14)13-23-18-10-8-17(9-11-18)21-19(22)24-20(3,4)5/h6-12H,13H2,1-5H3,(H,21,22). The molecule has 0 atom stereocenters. The van der Waals surface area contributed by atoms with E-state index in [9.17, 15) is 4.79 Å². The Morgan fingerprint density at radius 2 is 1.71 bits per heavy atom. The van der Waals surface area contributed by atoms with Crippen molar-refractivity contribution in [2.24, 2.45) is 0 Å². The van der Waals surface area contributed by atoms with Crippen LogP contribution in [-0.2, 0) is 11.3 Å². The molecule has 2 aromatic rings. The number of aryl methyl sites for hydroxylation is 2. The normalized spacial score (nSPS) is 11.0. The van der Waals surface area contributed by atoms with Crippen molar-refractivity contribution in [3.8, 4) is 5.75 Å². The maximum absolute atomic E-state index is 11.7. The zero-order valence-corrected chi connectivity index (χ0v) is 15.0. The van der Waals surface area contributed by atoms with Crippen LogP contribution in [-0.4, -0.2) is 11.7 Å². The van der Waals surface area contributed by atoms with Crippen molar-refractivity contribution < 1.29 is 14.3 Å². The molecule has 128 valence electrons. The Hall–Kier alpha value is -2.49. The van der Waals surface area contributed by atoms with Crippen LogP contribution in [0.15, 0.2) is 42.5 Å². The van der Waals surface area contributed by atoms with E-state index >= 15 is 0 Å². The number of carbonyl (C=O) groups is 1. The van der Waals surface area contributed by atoms with Crippen molar-refractivity contribution in [2.45, 2.75) is 46.8 Å². The van der Waals surface area contributed by atoms with Gasteiger partial charge in [0.05, 0.1) is 0 Å². The third-order valence-electron chi connectivity index (χ3n) is 3.40. The molecule has 2 rings (SSSR count). The lowest BCUT2D eigenvalue weighted by molar-refractivity contribution is 0.0636. The average Bonchev–Trinajstić information content (AvgIpc) is 2.47. The first-order valence-electron chi connectivity index (χ1n) is 8.02. The number of rotatable bonds is 4. The maximum Gasteiger partial charge on any atom is 0.412 e. The Morgan fingerprint density at radius 1 is 1.04 bits per heavy atom. The Bertz CT molecular complexity index is 700. The van der Waals surface area contributed by atoms with Gasteiger partial charge in [-0.15, -0.1) is 0 Å². The molecular formula is C20H25NO3. The van der Waals surface area contributed by atoms with Crippen LogP contribution in [0, 0.1) is 13.8 Å². The summed E-state index contributed by atoms with van der Waals surface area (Å²) in [5.41, 5.74) is 3.76. The van der Waals surface area contributed by atoms with Crippen LogP contribution in [0.5, 0.6) is 5.75 Å². The molecule has 0 saturated carbocycles. The highest BCUT2D eigenvalue weighted by atomic mass is 16.6. The molecule has 0 bridgehead atoms. The molecule has 0 aromatic heterocycles. The van der Waals surface area contributed by atoms with Gasteiger partial charge in [0.15, 0.2) is 0 Å². The molecule has 0 saturated heterocycles. The first kappa shape index (κ1) is 17.9. The molecule has 0 fully saturated rings. The van der Waals surface area contributed by atoms with Gasteiger partial charge in [0.25, 0.3) is 0 Å². The minimum Gasteiger partial charge on any atom is -0.489 e. The topological polar surface area (TPSA) is 47.6 Å². The van der Waals surface area contributed by atoms with Gasteiger partial charge in [-0.1, -0.05) is 23.8 Å². The SMILES string of the molecule is Cc1ccc(C)c(COc2ccc(NC(=O)OC(C)(C)C)cc2)c1. The fourth-order valence-electron chi connectivity index (χ4n) is 2.17. The van der Waals surface area contributed by atoms with Gasteiger partial charge in [0.2, 0.25) is 0 Å². The second-order valence-electron chi connectivity index (χ2n) is 6.87. The lowest BCUT2D eigenvalue weighted by Crippen LogP contribution is -2.27. The molecule has 0 aliphatic heterocycles. The molecule has 0 aliphatic rings. The third kappa shape index (κ3) is 5.61. The Morgan fingerprint density at radius 3 is 2.33 bits per heavy atom. The number of anilines is 1. The molecule has 0 heterocycles. The summed E-state index contributed by atoms with van der Waals surface area (Å²) in [6.45, 7) is 10.2. The van der Waals surface area contributed by atoms with E-state index in [1.54, 1.807) is 12.1 Å². The van der Waals surface area contributed by atoms with Crippen molar-refractivity contribution >= 4 is 11.8 Å². The molecule has 0 aliphatic carbocycles. The largest absolute Gasteiger partial charge is 0.489 e. The van der Waals surface area contributed by atoms with Gasteiger partial charge in [0.1, 0.15) is 18.0 Å². The van der Waals surface area contributed by atoms with Crippen LogP contribution < -0.4 is 10.1 Å². The fourth-order valence-corrected chi connectivity index (χ4v) is 2.17. The molecular weight excluding hydrogens is 302 g/mol. The van der Waals surface area contributed by atoms with Crippen molar-refractivity contribution in [1.82, 2.24) is 0 Å². The van der Waals surface area contributed by atoms with Crippen LogP contribution in [0.4, 0.5) is 10.5 Å². The number of hydrogen-bond donors (Lipinski definition) is 1. The highest BCUT2D eigenvalue weighted by Crippen LogP contribution is 2.19. The van der Waals surface area contributed by atoms with E-state index in [2.05, 4.69) is 37.4 Å². The van der Waals surface area contributed by atoms with E-state index in [0.717, 1.165) is 5.75 Å². The lowest BCUT2D eigenvalue weighted by Gasteiger charge is -2.19. The number of nitrogens with one attached hydrogen (secondary N) is 1. The summed E-state index contributed by atoms with van der Waals surface area (Å²) in [4.78, 5) is 11.7. The van der Waals surface area contributed by atoms with Crippen molar-refractivity contribution in [1.29, 1.82) is 0 Å². The second-order valence-corrected chi connectivity index (χ2v) is 6.87. The molecule has 4 nitrogen and oxygen atoms in total. The first-order chi connectivity index (χ1) is 11.2. The zero-order chi connectivity index (χ0) is 17.7. The molecule has 24 heavy (non-hydrogen) atoms. The van der Waals surface area contributed by atoms with Gasteiger partial charge in [0, 0.05) is 5.69 Å². The highest BCUT2D eigenvalue weighted by molar-refractivity contribution is 5.84. The maximum atomic E-state index is 11.7. The molecule has 1 N–H and O–H groups in total. The number of hydrogen-bond acceptors (Lipinski definition) is 3. The summed E-state index contributed by atoms with van der Waals surface area (Å²) in [5.74, 6) is 0.755. The monoisotopic (exact) mass is 327 g/mol. The van der Waals surface area contributed by atoms with Crippen LogP contribution in [0.3, 0.4) is 0 Å². The number of amides is 1. The summed E-state index contributed by atoms with van der Waals surface area (Å²) in [5, 5.41) is 2.70. The molecule has 0 unspecified atom stereocenters. The van der Waals surface area contributed by atoms with Crippen LogP contribution in [0.2, 0.25) is 0 Å². The molecule has 0 spiro atoms. The quantitative estimate of drug-likeness (QED) is 0.836. The van der Waals surface area contributed by atoms with Gasteiger partial charge < -0.3 is 9.47 Å². The summed E-state index contributed by atoms with van der Waals surface area (Å²) in [6.07, 6.45) is -0.466. The Kier molecular flexibility index (Phi) is 5.50. The van der Waals surface area contributed by atoms with Crippen LogP contribution in [0.25, 0.3) is 0 Å². The summed E-state index contributed by atoms with van der Waals surface area (Å²) in [6, 6.07) is 13.6. The van der Waals surface area contributed by atoms with Gasteiger partial charge >= 0.3 is 6.09 Å². The van der Waals surface area contributed by atoms with E-state index in [0.29, 0.717) is 12.3 Å². The Labute approximate surface area is 143 Å². The second kappa shape index (κ2) is 7.39. The van der Waals surface area contributed by atoms with E-state index in [-0.39, 0.29) is 0 Å². The van der Waals surface area contributed by atoms with Gasteiger partial charge in [-0.25, -0.2) is 4.79 Å². The van der Waals surface area contributed by atoms with Crippen LogP contribution in [0.1, 0.15) is 37.5 Å². The Balaban J connectivity index is 1.92. The van der Waals surface area contributed by atoms with Crippen molar-refractivity contribution in [2.75, 3.05) is 5.32 Å².